The summed E-state index contributed by atoms with van der Waals surface area (Å²) >= 11 is 1.14. The minimum Gasteiger partial charge on any atom is -0.422 e. The van der Waals surface area contributed by atoms with Crippen LogP contribution < -0.4 is 5.63 Å². The molecule has 1 aliphatic carbocycles. The van der Waals surface area contributed by atoms with Crippen molar-refractivity contribution in [3.05, 3.63) is 93.2 Å². The molecule has 0 N–H and O–H groups in total. The zero-order chi connectivity index (χ0) is 23.7. The molecular weight excluding hydrogens is 451 g/mol. The van der Waals surface area contributed by atoms with E-state index in [1.807, 2.05) is 0 Å². The first kappa shape index (κ1) is 22.1. The van der Waals surface area contributed by atoms with E-state index in [0.29, 0.717) is 21.6 Å². The largest absolute Gasteiger partial charge is 0.422 e. The van der Waals surface area contributed by atoms with Crippen molar-refractivity contribution in [2.45, 2.75) is 30.7 Å². The summed E-state index contributed by atoms with van der Waals surface area (Å²) in [5.74, 6) is -0.803. The Hall–Kier alpha value is -3.76. The number of hydrogen-bond donors (Lipinski definition) is 0. The van der Waals surface area contributed by atoms with E-state index in [1.54, 1.807) is 42.5 Å². The highest BCUT2D eigenvalue weighted by atomic mass is 32.2. The van der Waals surface area contributed by atoms with E-state index in [-0.39, 0.29) is 17.1 Å². The average Bonchev–Trinajstić information content (AvgIpc) is 2.86. The zero-order valence-electron chi connectivity index (χ0n) is 18.1. The van der Waals surface area contributed by atoms with Crippen LogP contribution in [0.5, 0.6) is 0 Å². The van der Waals surface area contributed by atoms with E-state index in [4.69, 9.17) is 9.40 Å². The number of halogens is 1. The number of aromatic nitrogens is 1. The SMILES string of the molecule is N#Cc1c(SCC(=O)c2cc3ccccc3oc2=O)nc2c(c1-c1ccc(F)cc1)CCCC2. The van der Waals surface area contributed by atoms with Crippen LogP contribution in [0.25, 0.3) is 22.1 Å². The molecule has 0 radical (unpaired) electrons. The molecule has 2 aromatic heterocycles. The average molecular weight is 471 g/mol. The molecule has 0 atom stereocenters. The highest BCUT2D eigenvalue weighted by molar-refractivity contribution is 8.00. The number of thioether (sulfide) groups is 1. The maximum absolute atomic E-state index is 13.6. The van der Waals surface area contributed by atoms with Gasteiger partial charge in [0.15, 0.2) is 5.78 Å². The molecule has 168 valence electrons. The van der Waals surface area contributed by atoms with Crippen LogP contribution in [0.15, 0.2) is 68.8 Å². The third kappa shape index (κ3) is 4.13. The van der Waals surface area contributed by atoms with Crippen molar-refractivity contribution >= 4 is 28.5 Å². The molecule has 0 aliphatic heterocycles. The molecule has 0 fully saturated rings. The maximum Gasteiger partial charge on any atom is 0.347 e. The first-order valence-electron chi connectivity index (χ1n) is 11.0. The fourth-order valence-corrected chi connectivity index (χ4v) is 5.22. The van der Waals surface area contributed by atoms with Gasteiger partial charge in [0.05, 0.1) is 11.3 Å². The summed E-state index contributed by atoms with van der Waals surface area (Å²) in [7, 11) is 0. The smallest absolute Gasteiger partial charge is 0.347 e. The fraction of sp³-hybridized carbons (Fsp3) is 0.185. The Morgan fingerprint density at radius 3 is 2.68 bits per heavy atom. The van der Waals surface area contributed by atoms with E-state index in [0.717, 1.165) is 59.8 Å². The number of rotatable bonds is 5. The van der Waals surface area contributed by atoms with Gasteiger partial charge in [-0.15, -0.1) is 0 Å². The number of benzene rings is 2. The Bertz CT molecular complexity index is 1520. The molecule has 2 heterocycles. The minimum absolute atomic E-state index is 0.0265. The second kappa shape index (κ2) is 9.24. The summed E-state index contributed by atoms with van der Waals surface area (Å²) < 4.78 is 18.8. The molecule has 5 rings (SSSR count). The third-order valence-electron chi connectivity index (χ3n) is 5.97. The van der Waals surface area contributed by atoms with Crippen molar-refractivity contribution in [2.75, 3.05) is 5.75 Å². The Morgan fingerprint density at radius 2 is 1.88 bits per heavy atom. The number of para-hydroxylation sites is 1. The van der Waals surface area contributed by atoms with Gasteiger partial charge >= 0.3 is 5.63 Å². The molecule has 0 spiro atoms. The van der Waals surface area contributed by atoms with Gasteiger partial charge in [-0.3, -0.25) is 4.79 Å². The number of pyridine rings is 1. The Kier molecular flexibility index (Phi) is 5.99. The van der Waals surface area contributed by atoms with Gasteiger partial charge in [0.25, 0.3) is 0 Å². The van der Waals surface area contributed by atoms with Crippen molar-refractivity contribution in [1.82, 2.24) is 4.98 Å². The van der Waals surface area contributed by atoms with Crippen LogP contribution in [-0.4, -0.2) is 16.5 Å². The van der Waals surface area contributed by atoms with E-state index in [9.17, 15) is 19.2 Å². The second-order valence-electron chi connectivity index (χ2n) is 8.12. The van der Waals surface area contributed by atoms with E-state index in [2.05, 4.69) is 6.07 Å². The zero-order valence-corrected chi connectivity index (χ0v) is 19.0. The summed E-state index contributed by atoms with van der Waals surface area (Å²) in [4.78, 5) is 30.0. The van der Waals surface area contributed by atoms with Crippen LogP contribution >= 0.6 is 11.8 Å². The van der Waals surface area contributed by atoms with E-state index >= 15 is 0 Å². The number of aryl methyl sites for hydroxylation is 1. The first-order chi connectivity index (χ1) is 16.5. The number of hydrogen-bond acceptors (Lipinski definition) is 6. The molecule has 0 unspecified atom stereocenters. The molecule has 0 saturated heterocycles. The fourth-order valence-electron chi connectivity index (χ4n) is 4.33. The Labute approximate surface area is 199 Å². The summed E-state index contributed by atoms with van der Waals surface area (Å²) in [6, 6.07) is 16.9. The number of carbonyl (C=O) groups excluding carboxylic acids is 1. The van der Waals surface area contributed by atoms with Gasteiger partial charge in [-0.25, -0.2) is 14.2 Å². The summed E-state index contributed by atoms with van der Waals surface area (Å²) in [5, 5.41) is 11.1. The van der Waals surface area contributed by atoms with Gasteiger partial charge in [0, 0.05) is 16.6 Å². The molecule has 2 aromatic carbocycles. The lowest BCUT2D eigenvalue weighted by Crippen LogP contribution is -2.16. The van der Waals surface area contributed by atoms with Gasteiger partial charge in [0.2, 0.25) is 0 Å². The topological polar surface area (TPSA) is 84.0 Å². The van der Waals surface area contributed by atoms with Gasteiger partial charge in [-0.2, -0.15) is 5.26 Å². The maximum atomic E-state index is 13.6. The van der Waals surface area contributed by atoms with Crippen LogP contribution in [0.3, 0.4) is 0 Å². The third-order valence-corrected chi connectivity index (χ3v) is 6.94. The van der Waals surface area contributed by atoms with Gasteiger partial charge in [-0.1, -0.05) is 42.1 Å². The quantitative estimate of drug-likeness (QED) is 0.211. The lowest BCUT2D eigenvalue weighted by Gasteiger charge is -2.22. The van der Waals surface area contributed by atoms with Crippen molar-refractivity contribution in [1.29, 1.82) is 5.26 Å². The van der Waals surface area contributed by atoms with Crippen LogP contribution in [-0.2, 0) is 12.8 Å². The molecule has 5 nitrogen and oxygen atoms in total. The number of nitrogens with zero attached hydrogens (tertiary/aromatic N) is 2. The first-order valence-corrected chi connectivity index (χ1v) is 11.9. The molecular formula is C27H19FN2O3S. The summed E-state index contributed by atoms with van der Waals surface area (Å²) in [6.45, 7) is 0. The number of fused-ring (bicyclic) bond motifs is 2. The lowest BCUT2D eigenvalue weighted by atomic mass is 9.87. The Morgan fingerprint density at radius 1 is 1.12 bits per heavy atom. The molecule has 0 amide bonds. The van der Waals surface area contributed by atoms with Crippen molar-refractivity contribution in [3.63, 3.8) is 0 Å². The normalized spacial score (nSPS) is 12.8. The summed E-state index contributed by atoms with van der Waals surface area (Å²) in [6.07, 6.45) is 3.57. The predicted molar refractivity (Wildman–Crippen MR) is 129 cm³/mol. The summed E-state index contributed by atoms with van der Waals surface area (Å²) in [5.41, 5.74) is 3.51. The predicted octanol–water partition coefficient (Wildman–Crippen LogP) is 5.72. The highest BCUT2D eigenvalue weighted by Crippen LogP contribution is 2.38. The van der Waals surface area contributed by atoms with Crippen LogP contribution in [0, 0.1) is 17.1 Å². The minimum atomic E-state index is -0.685. The van der Waals surface area contributed by atoms with E-state index < -0.39 is 11.4 Å². The molecule has 4 aromatic rings. The van der Waals surface area contributed by atoms with Crippen LogP contribution in [0.4, 0.5) is 4.39 Å². The van der Waals surface area contributed by atoms with Gasteiger partial charge < -0.3 is 4.42 Å². The monoisotopic (exact) mass is 470 g/mol. The molecule has 1 aliphatic rings. The highest BCUT2D eigenvalue weighted by Gasteiger charge is 2.24. The number of ketones is 1. The van der Waals surface area contributed by atoms with Crippen molar-refractivity contribution < 1.29 is 13.6 Å². The number of nitriles is 1. The number of carbonyl (C=O) groups is 1. The molecule has 34 heavy (non-hydrogen) atoms. The standard InChI is InChI=1S/C27H19FN2O3S/c28-18-11-9-16(10-12-18)25-19-6-2-3-7-22(19)30-26(21(25)14-29)34-15-23(31)20-13-17-5-1-4-8-24(17)33-27(20)32/h1,4-5,8-13H,2-3,6-7,15H2. The van der Waals surface area contributed by atoms with Crippen molar-refractivity contribution in [3.8, 4) is 17.2 Å². The van der Waals surface area contributed by atoms with Crippen LogP contribution in [0.2, 0.25) is 0 Å². The Balaban J connectivity index is 1.52. The molecule has 7 heteroatoms. The number of Topliss-reactive ketones (excluding diaryl/α,β-unsaturated/α-hetero) is 1. The van der Waals surface area contributed by atoms with Crippen molar-refractivity contribution in [2.24, 2.45) is 0 Å². The van der Waals surface area contributed by atoms with Gasteiger partial charge in [-0.05, 0) is 61.1 Å². The van der Waals surface area contributed by atoms with Crippen LogP contribution in [0.1, 0.15) is 40.0 Å². The molecule has 0 saturated carbocycles. The molecule has 0 bridgehead atoms. The lowest BCUT2D eigenvalue weighted by molar-refractivity contribution is 0.101. The van der Waals surface area contributed by atoms with Gasteiger partial charge in [0.1, 0.15) is 28.1 Å². The second-order valence-corrected chi connectivity index (χ2v) is 9.08. The van der Waals surface area contributed by atoms with E-state index in [1.165, 1.54) is 12.1 Å².